The molecule has 2 aromatic carbocycles. The molecule has 0 saturated heterocycles. The first-order chi connectivity index (χ1) is 11.5. The molecule has 2 atom stereocenters. The Kier molecular flexibility index (Phi) is 6.83. The first-order valence-electron chi connectivity index (χ1n) is 8.30. The van der Waals surface area contributed by atoms with Gasteiger partial charge in [0, 0.05) is 11.1 Å². The average molecular weight is 345 g/mol. The van der Waals surface area contributed by atoms with Crippen LogP contribution >= 0.6 is 11.6 Å². The minimum absolute atomic E-state index is 0.0148. The van der Waals surface area contributed by atoms with E-state index in [0.29, 0.717) is 10.9 Å². The summed E-state index contributed by atoms with van der Waals surface area (Å²) in [5, 5.41) is 7.08. The Hall–Kier alpha value is -1.84. The van der Waals surface area contributed by atoms with Crippen LogP contribution in [-0.2, 0) is 4.79 Å². The maximum atomic E-state index is 12.3. The summed E-state index contributed by atoms with van der Waals surface area (Å²) in [6.45, 7) is 6.56. The molecule has 1 amide bonds. The smallest absolute Gasteiger partial charge is 0.234 e. The van der Waals surface area contributed by atoms with E-state index < -0.39 is 0 Å². The van der Waals surface area contributed by atoms with Crippen molar-refractivity contribution in [1.29, 1.82) is 0 Å². The molecule has 3 nitrogen and oxygen atoms in total. The van der Waals surface area contributed by atoms with Crippen molar-refractivity contribution in [3.05, 3.63) is 70.7 Å². The number of halogens is 1. The number of hydrogen-bond acceptors (Lipinski definition) is 2. The molecule has 2 N–H and O–H groups in total. The van der Waals surface area contributed by atoms with Crippen molar-refractivity contribution in [2.24, 2.45) is 5.92 Å². The zero-order valence-electron chi connectivity index (χ0n) is 14.4. The number of nitrogens with one attached hydrogen (secondary N) is 2. The van der Waals surface area contributed by atoms with Gasteiger partial charge in [0.05, 0.1) is 12.6 Å². The molecule has 2 rings (SSSR count). The van der Waals surface area contributed by atoms with Crippen molar-refractivity contribution in [3.8, 4) is 0 Å². The van der Waals surface area contributed by atoms with Gasteiger partial charge in [-0.05, 0) is 36.1 Å². The minimum Gasteiger partial charge on any atom is -0.348 e. The molecule has 0 aliphatic heterocycles. The molecule has 0 aromatic heterocycles. The molecule has 0 aliphatic rings. The summed E-state index contributed by atoms with van der Waals surface area (Å²) >= 11 is 5.90. The van der Waals surface area contributed by atoms with Crippen molar-refractivity contribution in [2.75, 3.05) is 6.54 Å². The van der Waals surface area contributed by atoms with Gasteiger partial charge in [-0.25, -0.2) is 0 Å². The third-order valence-electron chi connectivity index (χ3n) is 4.06. The van der Waals surface area contributed by atoms with Crippen LogP contribution < -0.4 is 10.6 Å². The second-order valence-electron chi connectivity index (χ2n) is 6.35. The van der Waals surface area contributed by atoms with Crippen LogP contribution in [0.4, 0.5) is 0 Å². The lowest BCUT2D eigenvalue weighted by molar-refractivity contribution is -0.121. The number of carbonyl (C=O) groups excluding carboxylic acids is 1. The SMILES string of the molecule is CC(C)[C@H](NCC(=O)N[C@H](C)c1ccc(Cl)cc1)c1ccccc1. The van der Waals surface area contributed by atoms with Crippen LogP contribution in [0.15, 0.2) is 54.6 Å². The molecule has 0 heterocycles. The van der Waals surface area contributed by atoms with E-state index in [9.17, 15) is 4.79 Å². The third kappa shape index (κ3) is 5.36. The van der Waals surface area contributed by atoms with E-state index in [-0.39, 0.29) is 24.5 Å². The summed E-state index contributed by atoms with van der Waals surface area (Å²) in [6.07, 6.45) is 0. The largest absolute Gasteiger partial charge is 0.348 e. The lowest BCUT2D eigenvalue weighted by atomic mass is 9.96. The van der Waals surface area contributed by atoms with Crippen LogP contribution in [0.2, 0.25) is 5.02 Å². The van der Waals surface area contributed by atoms with Gasteiger partial charge >= 0.3 is 0 Å². The van der Waals surface area contributed by atoms with Gasteiger partial charge in [0.15, 0.2) is 0 Å². The quantitative estimate of drug-likeness (QED) is 0.776. The summed E-state index contributed by atoms with van der Waals surface area (Å²) in [4.78, 5) is 12.3. The van der Waals surface area contributed by atoms with Crippen molar-refractivity contribution < 1.29 is 4.79 Å². The van der Waals surface area contributed by atoms with Crippen LogP contribution in [0.5, 0.6) is 0 Å². The van der Waals surface area contributed by atoms with E-state index in [1.54, 1.807) is 0 Å². The fraction of sp³-hybridized carbons (Fsp3) is 0.350. The number of hydrogen-bond donors (Lipinski definition) is 2. The molecule has 0 aliphatic carbocycles. The Morgan fingerprint density at radius 1 is 0.958 bits per heavy atom. The van der Waals surface area contributed by atoms with Crippen molar-refractivity contribution in [3.63, 3.8) is 0 Å². The average Bonchev–Trinajstić information content (AvgIpc) is 2.56. The van der Waals surface area contributed by atoms with Gasteiger partial charge in [0.25, 0.3) is 0 Å². The maximum Gasteiger partial charge on any atom is 0.234 e. The summed E-state index contributed by atoms with van der Waals surface area (Å²) < 4.78 is 0. The van der Waals surface area contributed by atoms with Crippen LogP contribution in [0, 0.1) is 5.92 Å². The molecule has 2 aromatic rings. The summed E-state index contributed by atoms with van der Waals surface area (Å²) in [6, 6.07) is 17.9. The highest BCUT2D eigenvalue weighted by Crippen LogP contribution is 2.21. The van der Waals surface area contributed by atoms with Gasteiger partial charge < -0.3 is 10.6 Å². The molecule has 0 saturated carbocycles. The highest BCUT2D eigenvalue weighted by molar-refractivity contribution is 6.30. The zero-order valence-corrected chi connectivity index (χ0v) is 15.2. The molecule has 4 heteroatoms. The van der Waals surface area contributed by atoms with Gasteiger partial charge in [-0.2, -0.15) is 0 Å². The first-order valence-corrected chi connectivity index (χ1v) is 8.68. The van der Waals surface area contributed by atoms with Crippen LogP contribution in [0.1, 0.15) is 44.0 Å². The Morgan fingerprint density at radius 3 is 2.17 bits per heavy atom. The van der Waals surface area contributed by atoms with Gasteiger partial charge in [-0.3, -0.25) is 4.79 Å². The van der Waals surface area contributed by atoms with Crippen LogP contribution in [-0.4, -0.2) is 12.5 Å². The molecule has 0 unspecified atom stereocenters. The lowest BCUT2D eigenvalue weighted by Gasteiger charge is -2.23. The minimum atomic E-state index is -0.0502. The number of carbonyl (C=O) groups is 1. The van der Waals surface area contributed by atoms with Crippen molar-refractivity contribution in [2.45, 2.75) is 32.9 Å². The summed E-state index contributed by atoms with van der Waals surface area (Å²) in [7, 11) is 0. The second kappa shape index (κ2) is 8.86. The molecular weight excluding hydrogens is 320 g/mol. The van der Waals surface area contributed by atoms with Crippen LogP contribution in [0.25, 0.3) is 0 Å². The molecule has 0 bridgehead atoms. The lowest BCUT2D eigenvalue weighted by Crippen LogP contribution is -2.38. The van der Waals surface area contributed by atoms with Crippen molar-refractivity contribution in [1.82, 2.24) is 10.6 Å². The highest BCUT2D eigenvalue weighted by Gasteiger charge is 2.17. The van der Waals surface area contributed by atoms with E-state index in [0.717, 1.165) is 5.56 Å². The summed E-state index contributed by atoms with van der Waals surface area (Å²) in [5.41, 5.74) is 2.24. The van der Waals surface area contributed by atoms with Gasteiger partial charge in [0.1, 0.15) is 0 Å². The Bertz CT molecular complexity index is 640. The fourth-order valence-corrected chi connectivity index (χ4v) is 2.85. The van der Waals surface area contributed by atoms with E-state index in [1.165, 1.54) is 5.56 Å². The Morgan fingerprint density at radius 2 is 1.58 bits per heavy atom. The van der Waals surface area contributed by atoms with Crippen molar-refractivity contribution >= 4 is 17.5 Å². The topological polar surface area (TPSA) is 41.1 Å². The number of rotatable bonds is 7. The number of benzene rings is 2. The first kappa shape index (κ1) is 18.5. The standard InChI is InChI=1S/C20H25ClN2O/c1-14(2)20(17-7-5-4-6-8-17)22-13-19(24)23-15(3)16-9-11-18(21)12-10-16/h4-12,14-15,20,22H,13H2,1-3H3,(H,23,24)/t15-,20+/m1/s1. The highest BCUT2D eigenvalue weighted by atomic mass is 35.5. The van der Waals surface area contributed by atoms with E-state index in [2.05, 4.69) is 36.6 Å². The molecule has 128 valence electrons. The van der Waals surface area contributed by atoms with Gasteiger partial charge in [-0.1, -0.05) is 67.9 Å². The Labute approximate surface area is 149 Å². The van der Waals surface area contributed by atoms with Gasteiger partial charge in [0.2, 0.25) is 5.91 Å². The molecule has 0 radical (unpaired) electrons. The maximum absolute atomic E-state index is 12.3. The third-order valence-corrected chi connectivity index (χ3v) is 4.31. The summed E-state index contributed by atoms with van der Waals surface area (Å²) in [5.74, 6) is 0.382. The van der Waals surface area contributed by atoms with Crippen LogP contribution in [0.3, 0.4) is 0 Å². The van der Waals surface area contributed by atoms with Gasteiger partial charge in [-0.15, -0.1) is 0 Å². The van der Waals surface area contributed by atoms with E-state index >= 15 is 0 Å². The molecule has 0 fully saturated rings. The predicted molar refractivity (Wildman–Crippen MR) is 100 cm³/mol. The molecule has 24 heavy (non-hydrogen) atoms. The predicted octanol–water partition coefficient (Wildman–Crippen LogP) is 4.50. The number of amides is 1. The van der Waals surface area contributed by atoms with E-state index in [1.807, 2.05) is 49.4 Å². The second-order valence-corrected chi connectivity index (χ2v) is 6.79. The monoisotopic (exact) mass is 344 g/mol. The normalized spacial score (nSPS) is 13.5. The molecule has 0 spiro atoms. The fourth-order valence-electron chi connectivity index (χ4n) is 2.73. The molecular formula is C20H25ClN2O. The zero-order chi connectivity index (χ0) is 17.5. The Balaban J connectivity index is 1.90. The van der Waals surface area contributed by atoms with E-state index in [4.69, 9.17) is 11.6 Å².